The Labute approximate surface area is 137 Å². The molecule has 1 N–H and O–H groups in total. The number of amides is 1. The van der Waals surface area contributed by atoms with Crippen LogP contribution < -0.4 is 10.1 Å². The molecule has 2 atom stereocenters. The van der Waals surface area contributed by atoms with Gasteiger partial charge >= 0.3 is 0 Å². The zero-order chi connectivity index (χ0) is 16.1. The van der Waals surface area contributed by atoms with Crippen molar-refractivity contribution in [3.05, 3.63) is 24.3 Å². The molecule has 0 bridgehead atoms. The van der Waals surface area contributed by atoms with Crippen LogP contribution in [0.1, 0.15) is 19.8 Å². The standard InChI is InChI=1S/C18H26N2O3/c1-14-6-8-20(12-14)9-11-23-17-4-2-16(3-5-17)19-18(21)15-7-10-22-13-15/h2-5,14-15H,6-13H2,1H3,(H,19,21)/t14-,15+/m1/s1. The summed E-state index contributed by atoms with van der Waals surface area (Å²) in [5.41, 5.74) is 0.808. The number of carbonyl (C=O) groups is 1. The third kappa shape index (κ3) is 4.69. The van der Waals surface area contributed by atoms with Crippen LogP contribution in [0.25, 0.3) is 0 Å². The van der Waals surface area contributed by atoms with Gasteiger partial charge in [0, 0.05) is 25.4 Å². The quantitative estimate of drug-likeness (QED) is 0.875. The van der Waals surface area contributed by atoms with Crippen LogP contribution in [0, 0.1) is 11.8 Å². The fourth-order valence-corrected chi connectivity index (χ4v) is 3.14. The largest absolute Gasteiger partial charge is 0.492 e. The van der Waals surface area contributed by atoms with Crippen molar-refractivity contribution in [1.82, 2.24) is 4.90 Å². The van der Waals surface area contributed by atoms with Gasteiger partial charge < -0.3 is 14.8 Å². The number of nitrogens with one attached hydrogen (secondary N) is 1. The highest BCUT2D eigenvalue weighted by atomic mass is 16.5. The topological polar surface area (TPSA) is 50.8 Å². The highest BCUT2D eigenvalue weighted by Gasteiger charge is 2.23. The molecule has 2 aliphatic heterocycles. The Morgan fingerprint density at radius 3 is 2.83 bits per heavy atom. The van der Waals surface area contributed by atoms with Gasteiger partial charge in [0.1, 0.15) is 12.4 Å². The number of anilines is 1. The first-order valence-corrected chi connectivity index (χ1v) is 8.54. The molecule has 3 rings (SSSR count). The van der Waals surface area contributed by atoms with E-state index in [1.807, 2.05) is 24.3 Å². The lowest BCUT2D eigenvalue weighted by Gasteiger charge is -2.16. The highest BCUT2D eigenvalue weighted by Crippen LogP contribution is 2.19. The molecule has 1 aromatic carbocycles. The molecule has 2 aliphatic rings. The van der Waals surface area contributed by atoms with Gasteiger partial charge in [0.15, 0.2) is 0 Å². The van der Waals surface area contributed by atoms with E-state index < -0.39 is 0 Å². The van der Waals surface area contributed by atoms with Gasteiger partial charge in [0.25, 0.3) is 0 Å². The summed E-state index contributed by atoms with van der Waals surface area (Å²) < 4.78 is 11.0. The minimum atomic E-state index is -0.0196. The van der Waals surface area contributed by atoms with Crippen molar-refractivity contribution >= 4 is 11.6 Å². The summed E-state index contributed by atoms with van der Waals surface area (Å²) in [5, 5.41) is 2.93. The Morgan fingerprint density at radius 1 is 1.35 bits per heavy atom. The first-order chi connectivity index (χ1) is 11.2. The summed E-state index contributed by atoms with van der Waals surface area (Å²) in [7, 11) is 0. The normalized spacial score (nSPS) is 24.7. The number of carbonyl (C=O) groups excluding carboxylic acids is 1. The van der Waals surface area contributed by atoms with Crippen LogP contribution >= 0.6 is 0 Å². The first kappa shape index (κ1) is 16.3. The molecule has 2 fully saturated rings. The molecular weight excluding hydrogens is 292 g/mol. The van der Waals surface area contributed by atoms with Crippen molar-refractivity contribution < 1.29 is 14.3 Å². The fourth-order valence-electron chi connectivity index (χ4n) is 3.14. The molecule has 2 heterocycles. The molecule has 0 saturated carbocycles. The molecular formula is C18H26N2O3. The SMILES string of the molecule is C[C@@H]1CCN(CCOc2ccc(NC(=O)[C@H]3CCOC3)cc2)C1. The van der Waals surface area contributed by atoms with Gasteiger partial charge in [-0.2, -0.15) is 0 Å². The molecule has 0 aromatic heterocycles. The Kier molecular flexibility index (Phi) is 5.51. The lowest BCUT2D eigenvalue weighted by atomic mass is 10.1. The number of nitrogens with zero attached hydrogens (tertiary/aromatic N) is 1. The number of likely N-dealkylation sites (tertiary alicyclic amines) is 1. The van der Waals surface area contributed by atoms with E-state index in [-0.39, 0.29) is 11.8 Å². The summed E-state index contributed by atoms with van der Waals surface area (Å²) in [6.07, 6.45) is 2.10. The smallest absolute Gasteiger partial charge is 0.229 e. The summed E-state index contributed by atoms with van der Waals surface area (Å²) in [6, 6.07) is 7.60. The van der Waals surface area contributed by atoms with Crippen LogP contribution in [0.5, 0.6) is 5.75 Å². The van der Waals surface area contributed by atoms with Gasteiger partial charge in [-0.25, -0.2) is 0 Å². The van der Waals surface area contributed by atoms with Crippen LogP contribution in [0.15, 0.2) is 24.3 Å². The third-order valence-corrected chi connectivity index (χ3v) is 4.61. The molecule has 1 amide bonds. The summed E-state index contributed by atoms with van der Waals surface area (Å²) in [6.45, 7) is 7.55. The second-order valence-electron chi connectivity index (χ2n) is 6.62. The predicted molar refractivity (Wildman–Crippen MR) is 89.7 cm³/mol. The number of hydrogen-bond donors (Lipinski definition) is 1. The van der Waals surface area contributed by atoms with Crippen LogP contribution in [-0.4, -0.2) is 50.3 Å². The number of rotatable bonds is 6. The van der Waals surface area contributed by atoms with Crippen molar-refractivity contribution in [2.24, 2.45) is 11.8 Å². The average molecular weight is 318 g/mol. The third-order valence-electron chi connectivity index (χ3n) is 4.61. The number of hydrogen-bond acceptors (Lipinski definition) is 4. The Bertz CT molecular complexity index is 512. The van der Waals surface area contributed by atoms with Gasteiger partial charge in [0.05, 0.1) is 12.5 Å². The Balaban J connectivity index is 1.40. The Morgan fingerprint density at radius 2 is 2.17 bits per heavy atom. The molecule has 0 unspecified atom stereocenters. The zero-order valence-electron chi connectivity index (χ0n) is 13.8. The number of benzene rings is 1. The van der Waals surface area contributed by atoms with Crippen LogP contribution in [0.4, 0.5) is 5.69 Å². The molecule has 5 heteroatoms. The van der Waals surface area contributed by atoms with Gasteiger partial charge in [0.2, 0.25) is 5.91 Å². The van der Waals surface area contributed by atoms with Crippen molar-refractivity contribution in [3.63, 3.8) is 0 Å². The second-order valence-corrected chi connectivity index (χ2v) is 6.62. The fraction of sp³-hybridized carbons (Fsp3) is 0.611. The minimum Gasteiger partial charge on any atom is -0.492 e. The molecule has 0 spiro atoms. The molecule has 0 aliphatic carbocycles. The van der Waals surface area contributed by atoms with E-state index in [1.165, 1.54) is 19.5 Å². The van der Waals surface area contributed by atoms with E-state index in [2.05, 4.69) is 17.1 Å². The summed E-state index contributed by atoms with van der Waals surface area (Å²) in [5.74, 6) is 1.68. The lowest BCUT2D eigenvalue weighted by molar-refractivity contribution is -0.119. The Hall–Kier alpha value is -1.59. The van der Waals surface area contributed by atoms with Crippen molar-refractivity contribution in [2.45, 2.75) is 19.8 Å². The summed E-state index contributed by atoms with van der Waals surface area (Å²) in [4.78, 5) is 14.5. The maximum Gasteiger partial charge on any atom is 0.229 e. The maximum absolute atomic E-state index is 12.0. The van der Waals surface area contributed by atoms with E-state index in [0.717, 1.165) is 30.3 Å². The van der Waals surface area contributed by atoms with Crippen LogP contribution in [-0.2, 0) is 9.53 Å². The molecule has 23 heavy (non-hydrogen) atoms. The lowest BCUT2D eigenvalue weighted by Crippen LogP contribution is -2.25. The zero-order valence-corrected chi connectivity index (χ0v) is 13.8. The molecule has 0 radical (unpaired) electrons. The van der Waals surface area contributed by atoms with Gasteiger partial charge in [-0.3, -0.25) is 9.69 Å². The predicted octanol–water partition coefficient (Wildman–Crippen LogP) is 2.38. The van der Waals surface area contributed by atoms with Crippen molar-refractivity contribution in [1.29, 1.82) is 0 Å². The molecule has 5 nitrogen and oxygen atoms in total. The van der Waals surface area contributed by atoms with E-state index >= 15 is 0 Å². The maximum atomic E-state index is 12.0. The molecule has 126 valence electrons. The number of ether oxygens (including phenoxy) is 2. The molecule has 1 aromatic rings. The van der Waals surface area contributed by atoms with Gasteiger partial charge in [-0.15, -0.1) is 0 Å². The monoisotopic (exact) mass is 318 g/mol. The second kappa shape index (κ2) is 7.79. The summed E-state index contributed by atoms with van der Waals surface area (Å²) >= 11 is 0. The van der Waals surface area contributed by atoms with E-state index in [1.54, 1.807) is 0 Å². The average Bonchev–Trinajstić information content (AvgIpc) is 3.21. The van der Waals surface area contributed by atoms with Crippen LogP contribution in [0.3, 0.4) is 0 Å². The van der Waals surface area contributed by atoms with Gasteiger partial charge in [-0.05, 0) is 49.6 Å². The van der Waals surface area contributed by atoms with Crippen molar-refractivity contribution in [3.8, 4) is 5.75 Å². The first-order valence-electron chi connectivity index (χ1n) is 8.54. The molecule has 2 saturated heterocycles. The minimum absolute atomic E-state index is 0.0196. The van der Waals surface area contributed by atoms with E-state index in [0.29, 0.717) is 19.8 Å². The van der Waals surface area contributed by atoms with Crippen LogP contribution in [0.2, 0.25) is 0 Å². The van der Waals surface area contributed by atoms with E-state index in [9.17, 15) is 4.79 Å². The van der Waals surface area contributed by atoms with Crippen molar-refractivity contribution in [2.75, 3.05) is 44.8 Å². The van der Waals surface area contributed by atoms with Gasteiger partial charge in [-0.1, -0.05) is 6.92 Å². The van der Waals surface area contributed by atoms with E-state index in [4.69, 9.17) is 9.47 Å². The highest BCUT2D eigenvalue weighted by molar-refractivity contribution is 5.92.